The summed E-state index contributed by atoms with van der Waals surface area (Å²) in [6.07, 6.45) is 0. The molecule has 0 radical (unpaired) electrons. The van der Waals surface area contributed by atoms with E-state index in [1.165, 1.54) is 17.7 Å². The van der Waals surface area contributed by atoms with Gasteiger partial charge in [0.25, 0.3) is 5.78 Å². The van der Waals surface area contributed by atoms with Crippen LogP contribution in [0.5, 0.6) is 0 Å². The zero-order valence-electron chi connectivity index (χ0n) is 16.4. The lowest BCUT2D eigenvalue weighted by molar-refractivity contribution is 0.590. The Bertz CT molecular complexity index is 1120. The molecule has 0 aliphatic carbocycles. The number of hydrogen-bond donors (Lipinski definition) is 1. The minimum atomic E-state index is -0.275. The van der Waals surface area contributed by atoms with E-state index in [2.05, 4.69) is 53.3 Å². The highest BCUT2D eigenvalue weighted by molar-refractivity contribution is 5.62. The fourth-order valence-corrected chi connectivity index (χ4v) is 3.00. The molecule has 0 aliphatic heterocycles. The van der Waals surface area contributed by atoms with Crippen molar-refractivity contribution in [2.45, 2.75) is 33.1 Å². The van der Waals surface area contributed by atoms with Crippen molar-refractivity contribution in [3.8, 4) is 11.4 Å². The standard InChI is InChI=1S/C22H22FN5/c1-14-13-19(25-18-11-9-17(23)10-12-18)28-21(24-14)26-20(27-28)15-5-7-16(8-6-15)22(2,3)4/h5-13,25H,1-4H3. The lowest BCUT2D eigenvalue weighted by atomic mass is 9.87. The van der Waals surface area contributed by atoms with Crippen LogP contribution in [-0.4, -0.2) is 19.6 Å². The molecule has 0 saturated carbocycles. The molecule has 0 fully saturated rings. The maximum atomic E-state index is 13.2. The lowest BCUT2D eigenvalue weighted by Crippen LogP contribution is -2.10. The maximum Gasteiger partial charge on any atom is 0.254 e. The van der Waals surface area contributed by atoms with Crippen molar-refractivity contribution in [2.24, 2.45) is 0 Å². The van der Waals surface area contributed by atoms with E-state index in [-0.39, 0.29) is 11.2 Å². The van der Waals surface area contributed by atoms with Crippen molar-refractivity contribution < 1.29 is 4.39 Å². The first-order chi connectivity index (χ1) is 13.3. The largest absolute Gasteiger partial charge is 0.340 e. The molecule has 0 bridgehead atoms. The summed E-state index contributed by atoms with van der Waals surface area (Å²) < 4.78 is 14.8. The average Bonchev–Trinajstić information content (AvgIpc) is 3.07. The number of nitrogens with one attached hydrogen (secondary N) is 1. The third-order valence-corrected chi connectivity index (χ3v) is 4.57. The number of halogens is 1. The molecule has 0 atom stereocenters. The second kappa shape index (κ2) is 6.71. The Morgan fingerprint density at radius 1 is 0.929 bits per heavy atom. The number of hydrogen-bond acceptors (Lipinski definition) is 4. The lowest BCUT2D eigenvalue weighted by Gasteiger charge is -2.18. The highest BCUT2D eigenvalue weighted by Crippen LogP contribution is 2.26. The molecule has 2 heterocycles. The van der Waals surface area contributed by atoms with Crippen LogP contribution in [0.1, 0.15) is 32.0 Å². The number of nitrogens with zero attached hydrogens (tertiary/aromatic N) is 4. The Morgan fingerprint density at radius 2 is 1.61 bits per heavy atom. The summed E-state index contributed by atoms with van der Waals surface area (Å²) >= 11 is 0. The summed E-state index contributed by atoms with van der Waals surface area (Å²) in [6.45, 7) is 8.46. The summed E-state index contributed by atoms with van der Waals surface area (Å²) in [5.41, 5.74) is 3.87. The molecule has 0 spiro atoms. The number of aryl methyl sites for hydroxylation is 1. The van der Waals surface area contributed by atoms with Gasteiger partial charge in [0.05, 0.1) is 0 Å². The Labute approximate surface area is 163 Å². The van der Waals surface area contributed by atoms with Crippen LogP contribution in [0, 0.1) is 12.7 Å². The summed E-state index contributed by atoms with van der Waals surface area (Å²) in [6, 6.07) is 16.4. The van der Waals surface area contributed by atoms with E-state index < -0.39 is 0 Å². The predicted octanol–water partition coefficient (Wildman–Crippen LogP) is 5.28. The molecule has 6 heteroatoms. The first-order valence-corrected chi connectivity index (χ1v) is 9.17. The van der Waals surface area contributed by atoms with E-state index in [1.807, 2.05) is 25.1 Å². The summed E-state index contributed by atoms with van der Waals surface area (Å²) in [7, 11) is 0. The molecule has 142 valence electrons. The van der Waals surface area contributed by atoms with Gasteiger partial charge in [-0.1, -0.05) is 45.0 Å². The zero-order valence-corrected chi connectivity index (χ0v) is 16.4. The quantitative estimate of drug-likeness (QED) is 0.529. The van der Waals surface area contributed by atoms with Gasteiger partial charge in [-0.25, -0.2) is 9.37 Å². The van der Waals surface area contributed by atoms with Crippen molar-refractivity contribution in [1.29, 1.82) is 0 Å². The van der Waals surface area contributed by atoms with Gasteiger partial charge in [-0.05, 0) is 42.2 Å². The second-order valence-electron chi connectivity index (χ2n) is 7.89. The fraction of sp³-hybridized carbons (Fsp3) is 0.227. The van der Waals surface area contributed by atoms with Gasteiger partial charge in [-0.3, -0.25) is 0 Å². The van der Waals surface area contributed by atoms with Crippen LogP contribution >= 0.6 is 0 Å². The van der Waals surface area contributed by atoms with Gasteiger partial charge in [0.1, 0.15) is 11.6 Å². The van der Waals surface area contributed by atoms with Crippen molar-refractivity contribution in [3.63, 3.8) is 0 Å². The topological polar surface area (TPSA) is 55.1 Å². The van der Waals surface area contributed by atoms with Crippen LogP contribution in [0.4, 0.5) is 15.9 Å². The van der Waals surface area contributed by atoms with Gasteiger partial charge in [-0.2, -0.15) is 9.50 Å². The van der Waals surface area contributed by atoms with E-state index >= 15 is 0 Å². The van der Waals surface area contributed by atoms with E-state index in [9.17, 15) is 4.39 Å². The molecule has 2 aromatic heterocycles. The van der Waals surface area contributed by atoms with Gasteiger partial charge in [0.15, 0.2) is 5.82 Å². The smallest absolute Gasteiger partial charge is 0.254 e. The van der Waals surface area contributed by atoms with Gasteiger partial charge in [0.2, 0.25) is 0 Å². The minimum Gasteiger partial charge on any atom is -0.340 e. The molecule has 0 aliphatic rings. The minimum absolute atomic E-state index is 0.0930. The van der Waals surface area contributed by atoms with Crippen molar-refractivity contribution >= 4 is 17.3 Å². The van der Waals surface area contributed by atoms with Crippen molar-refractivity contribution in [3.05, 3.63) is 71.7 Å². The molecule has 2 aromatic carbocycles. The van der Waals surface area contributed by atoms with Crippen molar-refractivity contribution in [2.75, 3.05) is 5.32 Å². The molecule has 0 saturated heterocycles. The molecular formula is C22H22FN5. The predicted molar refractivity (Wildman–Crippen MR) is 109 cm³/mol. The van der Waals surface area contributed by atoms with E-state index in [4.69, 9.17) is 0 Å². The molecule has 4 aromatic rings. The molecule has 28 heavy (non-hydrogen) atoms. The van der Waals surface area contributed by atoms with Crippen LogP contribution in [0.15, 0.2) is 54.6 Å². The van der Waals surface area contributed by atoms with Crippen molar-refractivity contribution in [1.82, 2.24) is 19.6 Å². The molecule has 1 N–H and O–H groups in total. The summed E-state index contributed by atoms with van der Waals surface area (Å²) in [5.74, 6) is 1.57. The first-order valence-electron chi connectivity index (χ1n) is 9.17. The normalized spacial score (nSPS) is 11.8. The van der Waals surface area contributed by atoms with E-state index in [1.54, 1.807) is 16.6 Å². The first kappa shape index (κ1) is 18.1. The monoisotopic (exact) mass is 375 g/mol. The fourth-order valence-electron chi connectivity index (χ4n) is 3.00. The molecule has 5 nitrogen and oxygen atoms in total. The second-order valence-corrected chi connectivity index (χ2v) is 7.89. The molecule has 0 amide bonds. The SMILES string of the molecule is Cc1cc(Nc2ccc(F)cc2)n2nc(-c3ccc(C(C)(C)C)cc3)nc2n1. The summed E-state index contributed by atoms with van der Waals surface area (Å²) in [4.78, 5) is 9.08. The van der Waals surface area contributed by atoms with Gasteiger partial charge in [0, 0.05) is 23.0 Å². The molecular weight excluding hydrogens is 353 g/mol. The Kier molecular flexibility index (Phi) is 4.34. The van der Waals surface area contributed by atoms with Crippen LogP contribution in [-0.2, 0) is 5.41 Å². The Morgan fingerprint density at radius 3 is 2.25 bits per heavy atom. The Hall–Kier alpha value is -3.28. The highest BCUT2D eigenvalue weighted by atomic mass is 19.1. The van der Waals surface area contributed by atoms with Gasteiger partial charge >= 0.3 is 0 Å². The van der Waals surface area contributed by atoms with Crippen LogP contribution < -0.4 is 5.32 Å². The molecule has 0 unspecified atom stereocenters. The average molecular weight is 375 g/mol. The Balaban J connectivity index is 1.73. The number of rotatable bonds is 3. The van der Waals surface area contributed by atoms with Crippen LogP contribution in [0.25, 0.3) is 17.2 Å². The third kappa shape index (κ3) is 3.58. The third-order valence-electron chi connectivity index (χ3n) is 4.57. The molecule has 4 rings (SSSR count). The number of aromatic nitrogens is 4. The number of fused-ring (bicyclic) bond motifs is 1. The van der Waals surface area contributed by atoms with E-state index in [0.717, 1.165) is 22.8 Å². The number of anilines is 2. The zero-order chi connectivity index (χ0) is 19.9. The van der Waals surface area contributed by atoms with Gasteiger partial charge < -0.3 is 5.32 Å². The van der Waals surface area contributed by atoms with Gasteiger partial charge in [-0.15, -0.1) is 5.10 Å². The van der Waals surface area contributed by atoms with Crippen LogP contribution in [0.3, 0.4) is 0 Å². The number of benzene rings is 2. The highest BCUT2D eigenvalue weighted by Gasteiger charge is 2.15. The van der Waals surface area contributed by atoms with Crippen LogP contribution in [0.2, 0.25) is 0 Å². The summed E-state index contributed by atoms with van der Waals surface area (Å²) in [5, 5.41) is 7.90. The maximum absolute atomic E-state index is 13.2. The van der Waals surface area contributed by atoms with E-state index in [0.29, 0.717) is 11.6 Å².